The number of hydrogen-bond acceptors (Lipinski definition) is 2. The van der Waals surface area contributed by atoms with E-state index in [9.17, 15) is 9.18 Å². The Balaban J connectivity index is 1.67. The fourth-order valence-electron chi connectivity index (χ4n) is 2.85. The zero-order valence-electron chi connectivity index (χ0n) is 12.5. The van der Waals surface area contributed by atoms with Crippen LogP contribution in [-0.2, 0) is 0 Å². The second kappa shape index (κ2) is 8.78. The van der Waals surface area contributed by atoms with Crippen molar-refractivity contribution in [2.75, 3.05) is 13.1 Å². The molecule has 0 atom stereocenters. The second-order valence-corrected chi connectivity index (χ2v) is 5.73. The number of benzene rings is 1. The van der Waals surface area contributed by atoms with Crippen LogP contribution in [0, 0.1) is 5.82 Å². The molecule has 3 nitrogen and oxygen atoms in total. The molecule has 0 unspecified atom stereocenters. The summed E-state index contributed by atoms with van der Waals surface area (Å²) in [5.74, 6) is -0.810. The first-order valence-electron chi connectivity index (χ1n) is 8.03. The van der Waals surface area contributed by atoms with Gasteiger partial charge in [0.15, 0.2) is 0 Å². The second-order valence-electron chi connectivity index (χ2n) is 5.73. The third kappa shape index (κ3) is 5.46. The predicted octanol–water partition coefficient (Wildman–Crippen LogP) is 3.26. The van der Waals surface area contributed by atoms with Crippen LogP contribution in [0.3, 0.4) is 0 Å². The molecule has 1 aromatic rings. The molecule has 1 aliphatic rings. The first kappa shape index (κ1) is 16.0. The predicted molar refractivity (Wildman–Crippen MR) is 82.8 cm³/mol. The lowest BCUT2D eigenvalue weighted by molar-refractivity contribution is 0.0949. The van der Waals surface area contributed by atoms with Gasteiger partial charge in [0, 0.05) is 19.1 Å². The van der Waals surface area contributed by atoms with E-state index in [1.165, 1.54) is 57.1 Å². The van der Waals surface area contributed by atoms with Crippen molar-refractivity contribution in [3.8, 4) is 0 Å². The zero-order chi connectivity index (χ0) is 14.9. The highest BCUT2D eigenvalue weighted by Gasteiger charge is 2.12. The smallest absolute Gasteiger partial charge is 0.254 e. The summed E-state index contributed by atoms with van der Waals surface area (Å²) in [6.45, 7) is 1.27. The molecule has 116 valence electrons. The number of nitrogens with one attached hydrogen (secondary N) is 2. The van der Waals surface area contributed by atoms with Crippen LogP contribution in [0.25, 0.3) is 0 Å². The Bertz CT molecular complexity index is 442. The zero-order valence-corrected chi connectivity index (χ0v) is 12.5. The molecule has 1 aliphatic carbocycles. The van der Waals surface area contributed by atoms with Crippen LogP contribution in [0.4, 0.5) is 4.39 Å². The fraction of sp³-hybridized carbons (Fsp3) is 0.588. The maximum atomic E-state index is 13.4. The van der Waals surface area contributed by atoms with E-state index >= 15 is 0 Å². The fourth-order valence-corrected chi connectivity index (χ4v) is 2.85. The molecular weight excluding hydrogens is 267 g/mol. The van der Waals surface area contributed by atoms with Crippen LogP contribution in [-0.4, -0.2) is 25.0 Å². The molecular formula is C17H25FN2O. The largest absolute Gasteiger partial charge is 0.351 e. The van der Waals surface area contributed by atoms with Crippen molar-refractivity contribution in [3.05, 3.63) is 35.6 Å². The average molecular weight is 292 g/mol. The normalized spacial score (nSPS) is 17.0. The van der Waals surface area contributed by atoms with Gasteiger partial charge in [-0.1, -0.05) is 44.2 Å². The minimum absolute atomic E-state index is 0.114. The maximum absolute atomic E-state index is 13.4. The summed E-state index contributed by atoms with van der Waals surface area (Å²) < 4.78 is 13.4. The van der Waals surface area contributed by atoms with Gasteiger partial charge in [-0.15, -0.1) is 0 Å². The Kier molecular flexibility index (Phi) is 6.67. The summed E-state index contributed by atoms with van der Waals surface area (Å²) in [5, 5.41) is 6.27. The Morgan fingerprint density at radius 1 is 1.05 bits per heavy atom. The molecule has 0 spiro atoms. The molecule has 1 amide bonds. The topological polar surface area (TPSA) is 41.1 Å². The van der Waals surface area contributed by atoms with Gasteiger partial charge in [-0.3, -0.25) is 4.79 Å². The van der Waals surface area contributed by atoms with Crippen molar-refractivity contribution in [2.24, 2.45) is 0 Å². The van der Waals surface area contributed by atoms with Gasteiger partial charge in [0.2, 0.25) is 0 Å². The van der Waals surface area contributed by atoms with Gasteiger partial charge < -0.3 is 10.6 Å². The van der Waals surface area contributed by atoms with E-state index in [1.807, 2.05) is 0 Å². The standard InChI is InChI=1S/C17H25FN2O/c18-16-11-7-6-10-15(16)17(21)20-13-12-19-14-8-4-2-1-3-5-9-14/h6-7,10-11,14,19H,1-5,8-9,12-13H2,(H,20,21). The van der Waals surface area contributed by atoms with E-state index in [-0.39, 0.29) is 11.5 Å². The average Bonchev–Trinajstić information content (AvgIpc) is 2.45. The maximum Gasteiger partial charge on any atom is 0.254 e. The number of hydrogen-bond donors (Lipinski definition) is 2. The first-order chi connectivity index (χ1) is 10.3. The molecule has 0 bridgehead atoms. The molecule has 4 heteroatoms. The quantitative estimate of drug-likeness (QED) is 0.818. The molecule has 2 rings (SSSR count). The van der Waals surface area contributed by atoms with Crippen LogP contribution in [0.15, 0.2) is 24.3 Å². The molecule has 2 N–H and O–H groups in total. The Morgan fingerprint density at radius 3 is 2.43 bits per heavy atom. The highest BCUT2D eigenvalue weighted by Crippen LogP contribution is 2.16. The Hall–Kier alpha value is -1.42. The van der Waals surface area contributed by atoms with Gasteiger partial charge in [-0.2, -0.15) is 0 Å². The molecule has 21 heavy (non-hydrogen) atoms. The van der Waals surface area contributed by atoms with Gasteiger partial charge in [-0.05, 0) is 25.0 Å². The van der Waals surface area contributed by atoms with Crippen molar-refractivity contribution in [1.29, 1.82) is 0 Å². The number of rotatable bonds is 5. The number of carbonyl (C=O) groups is 1. The SMILES string of the molecule is O=C(NCCNC1CCCCCCC1)c1ccccc1F. The molecule has 1 saturated carbocycles. The monoisotopic (exact) mass is 292 g/mol. The Morgan fingerprint density at radius 2 is 1.71 bits per heavy atom. The summed E-state index contributed by atoms with van der Waals surface area (Å²) >= 11 is 0. The lowest BCUT2D eigenvalue weighted by Gasteiger charge is -2.21. The molecule has 0 saturated heterocycles. The summed E-state index contributed by atoms with van der Waals surface area (Å²) in [4.78, 5) is 11.8. The minimum Gasteiger partial charge on any atom is -0.351 e. The third-order valence-corrected chi connectivity index (χ3v) is 4.07. The number of amides is 1. The lowest BCUT2D eigenvalue weighted by Crippen LogP contribution is -2.37. The van der Waals surface area contributed by atoms with Crippen molar-refractivity contribution in [1.82, 2.24) is 10.6 Å². The summed E-state index contributed by atoms with van der Waals surface area (Å²) in [6.07, 6.45) is 9.07. The van der Waals surface area contributed by atoms with E-state index in [4.69, 9.17) is 0 Å². The minimum atomic E-state index is -0.469. The van der Waals surface area contributed by atoms with Crippen molar-refractivity contribution < 1.29 is 9.18 Å². The summed E-state index contributed by atoms with van der Waals surface area (Å²) in [6, 6.07) is 6.64. The molecule has 0 heterocycles. The van der Waals surface area contributed by atoms with Crippen LogP contribution < -0.4 is 10.6 Å². The molecule has 1 aromatic carbocycles. The van der Waals surface area contributed by atoms with Gasteiger partial charge in [0.1, 0.15) is 5.82 Å². The Labute approximate surface area is 126 Å². The van der Waals surface area contributed by atoms with E-state index in [2.05, 4.69) is 10.6 Å². The van der Waals surface area contributed by atoms with Gasteiger partial charge in [0.25, 0.3) is 5.91 Å². The summed E-state index contributed by atoms with van der Waals surface area (Å²) in [5.41, 5.74) is 0.114. The van der Waals surface area contributed by atoms with Crippen molar-refractivity contribution >= 4 is 5.91 Å². The molecule has 0 aromatic heterocycles. The van der Waals surface area contributed by atoms with Gasteiger partial charge in [0.05, 0.1) is 5.56 Å². The van der Waals surface area contributed by atoms with Crippen LogP contribution >= 0.6 is 0 Å². The van der Waals surface area contributed by atoms with E-state index in [0.717, 1.165) is 6.54 Å². The van der Waals surface area contributed by atoms with Gasteiger partial charge >= 0.3 is 0 Å². The summed E-state index contributed by atoms with van der Waals surface area (Å²) in [7, 11) is 0. The number of carbonyl (C=O) groups excluding carboxylic acids is 1. The lowest BCUT2D eigenvalue weighted by atomic mass is 9.97. The molecule has 0 aliphatic heterocycles. The van der Waals surface area contributed by atoms with E-state index < -0.39 is 5.82 Å². The van der Waals surface area contributed by atoms with E-state index in [0.29, 0.717) is 12.6 Å². The van der Waals surface area contributed by atoms with Crippen molar-refractivity contribution in [3.63, 3.8) is 0 Å². The molecule has 0 radical (unpaired) electrons. The van der Waals surface area contributed by atoms with E-state index in [1.54, 1.807) is 12.1 Å². The number of halogens is 1. The van der Waals surface area contributed by atoms with Crippen LogP contribution in [0.5, 0.6) is 0 Å². The first-order valence-corrected chi connectivity index (χ1v) is 8.03. The molecule has 1 fully saturated rings. The van der Waals surface area contributed by atoms with Gasteiger partial charge in [-0.25, -0.2) is 4.39 Å². The van der Waals surface area contributed by atoms with Crippen LogP contribution in [0.1, 0.15) is 55.3 Å². The third-order valence-electron chi connectivity index (χ3n) is 4.07. The van der Waals surface area contributed by atoms with Crippen molar-refractivity contribution in [2.45, 2.75) is 51.0 Å². The van der Waals surface area contributed by atoms with Crippen LogP contribution in [0.2, 0.25) is 0 Å². The highest BCUT2D eigenvalue weighted by atomic mass is 19.1. The highest BCUT2D eigenvalue weighted by molar-refractivity contribution is 5.94.